The van der Waals surface area contributed by atoms with E-state index in [1.54, 1.807) is 0 Å². The van der Waals surface area contributed by atoms with E-state index in [1.807, 2.05) is 41.9 Å². The van der Waals surface area contributed by atoms with Crippen molar-refractivity contribution in [3.63, 3.8) is 0 Å². The maximum atomic E-state index is 12.6. The number of hydrogen-bond acceptors (Lipinski definition) is 5. The van der Waals surface area contributed by atoms with Gasteiger partial charge in [-0.3, -0.25) is 14.6 Å². The highest BCUT2D eigenvalue weighted by Crippen LogP contribution is 2.24. The average Bonchev–Trinajstić information content (AvgIpc) is 3.16. The highest BCUT2D eigenvalue weighted by Gasteiger charge is 2.31. The van der Waals surface area contributed by atoms with Crippen LogP contribution in [0.4, 0.5) is 18.9 Å². The Morgan fingerprint density at radius 2 is 1.84 bits per heavy atom. The number of hydrogen-bond donors (Lipinski definition) is 1. The number of aromatic nitrogens is 2. The number of carbonyl (C=O) groups is 1. The molecule has 0 spiro atoms. The second-order valence-corrected chi connectivity index (χ2v) is 7.75. The number of nitrogens with one attached hydrogen (secondary N) is 1. The molecule has 0 aliphatic carbocycles. The van der Waals surface area contributed by atoms with Gasteiger partial charge in [0.25, 0.3) is 0 Å². The Morgan fingerprint density at radius 1 is 1.12 bits per heavy atom. The van der Waals surface area contributed by atoms with Gasteiger partial charge in [-0.25, -0.2) is 4.98 Å². The summed E-state index contributed by atoms with van der Waals surface area (Å²) < 4.78 is 42.6. The first kappa shape index (κ1) is 22.1. The molecule has 2 aromatic heterocycles. The molecular weight excluding hydrogens is 423 g/mol. The van der Waals surface area contributed by atoms with Gasteiger partial charge in [0, 0.05) is 50.8 Å². The minimum atomic E-state index is -4.74. The van der Waals surface area contributed by atoms with Crippen LogP contribution in [0.3, 0.4) is 0 Å². The third kappa shape index (κ3) is 5.57. The summed E-state index contributed by atoms with van der Waals surface area (Å²) in [5.41, 5.74) is 2.35. The quantitative estimate of drug-likeness (QED) is 0.628. The number of amides is 1. The minimum absolute atomic E-state index is 0.205. The summed E-state index contributed by atoms with van der Waals surface area (Å²) in [5, 5.41) is 2.75. The van der Waals surface area contributed by atoms with Crippen LogP contribution in [-0.2, 0) is 11.3 Å². The summed E-state index contributed by atoms with van der Waals surface area (Å²) in [6.07, 6.45) is -0.740. The van der Waals surface area contributed by atoms with Gasteiger partial charge in [-0.15, -0.1) is 13.2 Å². The molecule has 1 atom stereocenters. The molecule has 1 aromatic carbocycles. The Kier molecular flexibility index (Phi) is 6.33. The van der Waals surface area contributed by atoms with E-state index in [4.69, 9.17) is 0 Å². The van der Waals surface area contributed by atoms with Gasteiger partial charge in [0.15, 0.2) is 0 Å². The smallest absolute Gasteiger partial charge is 0.406 e. The topological polar surface area (TPSA) is 62.1 Å². The lowest BCUT2D eigenvalue weighted by atomic mass is 10.2. The molecule has 1 aliphatic heterocycles. The second-order valence-electron chi connectivity index (χ2n) is 7.75. The van der Waals surface area contributed by atoms with Crippen molar-refractivity contribution in [1.82, 2.24) is 19.2 Å². The molecule has 0 radical (unpaired) electrons. The third-order valence-electron chi connectivity index (χ3n) is 5.49. The van der Waals surface area contributed by atoms with E-state index in [0.717, 1.165) is 44.1 Å². The summed E-state index contributed by atoms with van der Waals surface area (Å²) in [5.74, 6) is -0.534. The van der Waals surface area contributed by atoms with E-state index in [9.17, 15) is 18.0 Å². The van der Waals surface area contributed by atoms with E-state index in [1.165, 1.54) is 24.3 Å². The number of carbonyl (C=O) groups excluding carboxylic acids is 1. The van der Waals surface area contributed by atoms with Gasteiger partial charge in [-0.05, 0) is 43.3 Å². The second kappa shape index (κ2) is 9.17. The van der Waals surface area contributed by atoms with Crippen LogP contribution < -0.4 is 10.1 Å². The fraction of sp³-hybridized carbons (Fsp3) is 0.364. The number of nitrogens with zero attached hydrogens (tertiary/aromatic N) is 4. The van der Waals surface area contributed by atoms with Crippen LogP contribution >= 0.6 is 0 Å². The molecule has 3 heterocycles. The molecule has 3 aromatic rings. The zero-order chi connectivity index (χ0) is 22.7. The highest BCUT2D eigenvalue weighted by molar-refractivity contribution is 5.94. The van der Waals surface area contributed by atoms with Crippen LogP contribution in [0.1, 0.15) is 12.6 Å². The Bertz CT molecular complexity index is 1030. The number of rotatable bonds is 6. The predicted octanol–water partition coefficient (Wildman–Crippen LogP) is 3.38. The molecule has 10 heteroatoms. The van der Waals surface area contributed by atoms with Gasteiger partial charge in [-0.1, -0.05) is 6.07 Å². The van der Waals surface area contributed by atoms with Gasteiger partial charge in [0.2, 0.25) is 5.91 Å². The first-order valence-electron chi connectivity index (χ1n) is 10.3. The van der Waals surface area contributed by atoms with Crippen molar-refractivity contribution < 1.29 is 22.7 Å². The van der Waals surface area contributed by atoms with Crippen LogP contribution in [0.5, 0.6) is 5.75 Å². The zero-order valence-electron chi connectivity index (χ0n) is 17.5. The lowest BCUT2D eigenvalue weighted by Crippen LogP contribution is -2.52. The number of fused-ring (bicyclic) bond motifs is 1. The number of alkyl halides is 3. The number of anilines is 1. The largest absolute Gasteiger partial charge is 0.573 e. The number of imidazole rings is 1. The Morgan fingerprint density at radius 3 is 2.50 bits per heavy atom. The molecule has 7 nitrogen and oxygen atoms in total. The van der Waals surface area contributed by atoms with Crippen molar-refractivity contribution in [2.24, 2.45) is 0 Å². The molecule has 0 bridgehead atoms. The predicted molar refractivity (Wildman–Crippen MR) is 113 cm³/mol. The SMILES string of the molecule is CC(C(=O)Nc1ccc(OC(F)(F)F)cc1)N1CCN(Cc2cn3ccccc3n2)CC1. The molecule has 170 valence electrons. The Hall–Kier alpha value is -3.11. The first-order valence-corrected chi connectivity index (χ1v) is 10.3. The summed E-state index contributed by atoms with van der Waals surface area (Å²) in [6, 6.07) is 10.7. The highest BCUT2D eigenvalue weighted by atomic mass is 19.4. The molecule has 1 amide bonds. The normalized spacial score (nSPS) is 16.8. The van der Waals surface area contributed by atoms with E-state index in [0.29, 0.717) is 5.69 Å². The zero-order valence-corrected chi connectivity index (χ0v) is 17.5. The van der Waals surface area contributed by atoms with Crippen molar-refractivity contribution in [2.45, 2.75) is 25.9 Å². The van der Waals surface area contributed by atoms with E-state index in [-0.39, 0.29) is 17.7 Å². The third-order valence-corrected chi connectivity index (χ3v) is 5.49. The van der Waals surface area contributed by atoms with E-state index >= 15 is 0 Å². The maximum absolute atomic E-state index is 12.6. The summed E-state index contributed by atoms with van der Waals surface area (Å²) in [6.45, 7) is 5.68. The fourth-order valence-electron chi connectivity index (χ4n) is 3.75. The van der Waals surface area contributed by atoms with Crippen molar-refractivity contribution in [3.05, 3.63) is 60.6 Å². The van der Waals surface area contributed by atoms with Crippen LogP contribution in [-0.4, -0.2) is 63.7 Å². The number of pyridine rings is 1. The van der Waals surface area contributed by atoms with Crippen LogP contribution in [0.15, 0.2) is 54.9 Å². The molecule has 4 rings (SSSR count). The number of ether oxygens (including phenoxy) is 1. The van der Waals surface area contributed by atoms with Crippen molar-refractivity contribution in [1.29, 1.82) is 0 Å². The minimum Gasteiger partial charge on any atom is -0.406 e. The fourth-order valence-corrected chi connectivity index (χ4v) is 3.75. The van der Waals surface area contributed by atoms with Gasteiger partial charge < -0.3 is 14.5 Å². The lowest BCUT2D eigenvalue weighted by molar-refractivity contribution is -0.274. The number of piperazine rings is 1. The maximum Gasteiger partial charge on any atom is 0.573 e. The standard InChI is InChI=1S/C22H24F3N5O2/c1-16(21(31)27-17-5-7-19(8-6-17)32-22(23,24)25)29-12-10-28(11-13-29)14-18-15-30-9-3-2-4-20(30)26-18/h2-9,15-16H,10-14H2,1H3,(H,27,31). The van der Waals surface area contributed by atoms with Gasteiger partial charge in [0.05, 0.1) is 11.7 Å². The van der Waals surface area contributed by atoms with Crippen molar-refractivity contribution in [3.8, 4) is 5.75 Å². The average molecular weight is 447 g/mol. The molecule has 1 saturated heterocycles. The molecule has 32 heavy (non-hydrogen) atoms. The summed E-state index contributed by atoms with van der Waals surface area (Å²) in [4.78, 5) is 21.6. The van der Waals surface area contributed by atoms with Crippen molar-refractivity contribution in [2.75, 3.05) is 31.5 Å². The van der Waals surface area contributed by atoms with Gasteiger partial charge >= 0.3 is 6.36 Å². The molecule has 1 aliphatic rings. The Balaban J connectivity index is 1.26. The van der Waals surface area contributed by atoms with Crippen LogP contribution in [0.25, 0.3) is 5.65 Å². The van der Waals surface area contributed by atoms with Crippen LogP contribution in [0, 0.1) is 0 Å². The number of halogens is 3. The first-order chi connectivity index (χ1) is 15.3. The summed E-state index contributed by atoms with van der Waals surface area (Å²) in [7, 11) is 0. The van der Waals surface area contributed by atoms with Crippen LogP contribution in [0.2, 0.25) is 0 Å². The van der Waals surface area contributed by atoms with Gasteiger partial charge in [0.1, 0.15) is 11.4 Å². The summed E-state index contributed by atoms with van der Waals surface area (Å²) >= 11 is 0. The molecule has 1 unspecified atom stereocenters. The molecule has 1 fully saturated rings. The molecular formula is C22H24F3N5O2. The van der Waals surface area contributed by atoms with Gasteiger partial charge in [-0.2, -0.15) is 0 Å². The number of benzene rings is 1. The molecule has 1 N–H and O–H groups in total. The Labute approximate surface area is 183 Å². The lowest BCUT2D eigenvalue weighted by Gasteiger charge is -2.37. The van der Waals surface area contributed by atoms with Crippen molar-refractivity contribution >= 4 is 17.2 Å². The van der Waals surface area contributed by atoms with E-state index in [2.05, 4.69) is 24.8 Å². The monoisotopic (exact) mass is 447 g/mol. The van der Waals surface area contributed by atoms with E-state index < -0.39 is 6.36 Å². The molecule has 0 saturated carbocycles.